The van der Waals surface area contributed by atoms with E-state index in [0.717, 1.165) is 167 Å². The summed E-state index contributed by atoms with van der Waals surface area (Å²) in [7, 11) is 0. The molecule has 3 saturated carbocycles. The standard InChI is InChI=1S/C24H25ClF3NO2.C24H27ClF3NO.C16H20ClNO2.C8H6BrF3.CH4/c25-20-10-8-18(9-11-20)23(12-2-13-23)22(30)29-14-1-3-21(15-29)31-16-17-4-6-19(7-5-17)24(26,27)28;25-21-10-8-19(9-11-21)23(12-2-13-23)17-29-14-1-3-22(15-29)30-16-18-4-6-20(7-5-18)24(26,27)28;17-13-6-4-12(5-7-13)16(8-2-9-16)15(20)18-10-1-3-14(19)11-18;9-5-6-1-3-7(4-2-6)8(10,11)12;/h4-11,21H,1-3,12-16H2;4-11,22H,1-3,12-17H2;4-7,14,19H,1-3,8-11H2;1-4H,5H2;1H4. The Morgan fingerprint density at radius 2 is 0.809 bits per heavy atom. The van der Waals surface area contributed by atoms with Gasteiger partial charge in [0.1, 0.15) is 0 Å². The molecule has 0 spiro atoms. The lowest BCUT2D eigenvalue weighted by molar-refractivity contribution is -0.145. The number of hydrogen-bond acceptors (Lipinski definition) is 6. The Morgan fingerprint density at radius 1 is 0.457 bits per heavy atom. The second-order valence-electron chi connectivity index (χ2n) is 25.4. The molecule has 21 heteroatoms. The number of hydrogen-bond donors (Lipinski definition) is 1. The molecular weight excluding hydrogens is 1360 g/mol. The lowest BCUT2D eigenvalue weighted by Crippen LogP contribution is -2.54. The average Bonchev–Trinajstić information content (AvgIpc) is 0.767. The molecule has 8 nitrogen and oxygen atoms in total. The van der Waals surface area contributed by atoms with Crippen molar-refractivity contribution in [1.82, 2.24) is 14.7 Å². The number of alkyl halides is 10. The zero-order valence-electron chi connectivity index (χ0n) is 51.6. The molecule has 510 valence electrons. The van der Waals surface area contributed by atoms with Crippen molar-refractivity contribution in [3.63, 3.8) is 0 Å². The van der Waals surface area contributed by atoms with Gasteiger partial charge in [-0.2, -0.15) is 39.5 Å². The van der Waals surface area contributed by atoms with Crippen LogP contribution >= 0.6 is 50.7 Å². The van der Waals surface area contributed by atoms with E-state index in [9.17, 15) is 54.2 Å². The molecule has 6 aromatic carbocycles. The van der Waals surface area contributed by atoms with Crippen LogP contribution in [0.25, 0.3) is 0 Å². The molecule has 2 amide bonds. The summed E-state index contributed by atoms with van der Waals surface area (Å²) in [6.45, 7) is 5.99. The van der Waals surface area contributed by atoms with E-state index in [4.69, 9.17) is 44.3 Å². The fourth-order valence-electron chi connectivity index (χ4n) is 13.3. The summed E-state index contributed by atoms with van der Waals surface area (Å²) in [6.07, 6.45) is 1.43. The highest BCUT2D eigenvalue weighted by molar-refractivity contribution is 9.08. The first-order chi connectivity index (χ1) is 44.3. The van der Waals surface area contributed by atoms with Crippen molar-refractivity contribution in [1.29, 1.82) is 0 Å². The minimum Gasteiger partial charge on any atom is -0.391 e. The fraction of sp³-hybridized carbons (Fsp3) is 0.479. The van der Waals surface area contributed by atoms with Gasteiger partial charge in [0.15, 0.2) is 0 Å². The van der Waals surface area contributed by atoms with Gasteiger partial charge in [0.2, 0.25) is 11.8 Å². The number of carbonyl (C=O) groups is 2. The molecule has 3 aliphatic carbocycles. The van der Waals surface area contributed by atoms with Crippen LogP contribution in [-0.2, 0) is 72.4 Å². The molecule has 3 unspecified atom stereocenters. The zero-order chi connectivity index (χ0) is 66.6. The Kier molecular flexibility index (Phi) is 26.1. The van der Waals surface area contributed by atoms with E-state index in [0.29, 0.717) is 47.2 Å². The molecule has 3 aliphatic heterocycles. The van der Waals surface area contributed by atoms with Crippen molar-refractivity contribution in [3.05, 3.63) is 211 Å². The second-order valence-corrected chi connectivity index (χ2v) is 27.3. The summed E-state index contributed by atoms with van der Waals surface area (Å²) >= 11 is 21.2. The number of rotatable bonds is 14. The molecule has 3 heterocycles. The van der Waals surface area contributed by atoms with Crippen molar-refractivity contribution in [2.24, 2.45) is 0 Å². The van der Waals surface area contributed by atoms with Crippen LogP contribution in [0.1, 0.15) is 154 Å². The Labute approximate surface area is 569 Å². The number of aliphatic hydroxyl groups excluding tert-OH is 1. The van der Waals surface area contributed by atoms with Gasteiger partial charge in [-0.1, -0.05) is 150 Å². The van der Waals surface area contributed by atoms with Crippen LogP contribution < -0.4 is 0 Å². The molecule has 6 fully saturated rings. The van der Waals surface area contributed by atoms with E-state index in [1.165, 1.54) is 61.2 Å². The van der Waals surface area contributed by atoms with Crippen LogP contribution in [0.3, 0.4) is 0 Å². The summed E-state index contributed by atoms with van der Waals surface area (Å²) in [5, 5.41) is 12.5. The van der Waals surface area contributed by atoms with Gasteiger partial charge in [0.25, 0.3) is 0 Å². The summed E-state index contributed by atoms with van der Waals surface area (Å²) in [5.74, 6) is 0.328. The first-order valence-electron chi connectivity index (χ1n) is 31.8. The molecule has 94 heavy (non-hydrogen) atoms. The topological polar surface area (TPSA) is 82.6 Å². The van der Waals surface area contributed by atoms with Gasteiger partial charge < -0.3 is 24.4 Å². The van der Waals surface area contributed by atoms with Gasteiger partial charge in [-0.3, -0.25) is 14.5 Å². The van der Waals surface area contributed by atoms with Gasteiger partial charge in [0, 0.05) is 65.1 Å². The highest BCUT2D eigenvalue weighted by Gasteiger charge is 2.50. The summed E-state index contributed by atoms with van der Waals surface area (Å²) in [5.41, 5.74) is 3.22. The smallest absolute Gasteiger partial charge is 0.391 e. The van der Waals surface area contributed by atoms with Gasteiger partial charge in [-0.15, -0.1) is 0 Å². The van der Waals surface area contributed by atoms with Crippen molar-refractivity contribution in [3.8, 4) is 0 Å². The van der Waals surface area contributed by atoms with Gasteiger partial charge in [-0.25, -0.2) is 0 Å². The molecule has 6 aliphatic rings. The van der Waals surface area contributed by atoms with Gasteiger partial charge in [-0.05, 0) is 190 Å². The predicted octanol–water partition coefficient (Wildman–Crippen LogP) is 19.4. The fourth-order valence-corrected chi connectivity index (χ4v) is 14.1. The SMILES string of the molecule is C.FC(F)(F)c1ccc(CBr)cc1.FC(F)(F)c1ccc(COC2CCCN(CC3(c4ccc(Cl)cc4)CCC3)C2)cc1.O=C(N1CCCC(O)C1)C1(c2ccc(Cl)cc2)CCC1.O=C(N1CCCC(OCc2ccc(C(F)(F)F)cc2)C1)C1(c2ccc(Cl)cc2)CCC1. The highest BCUT2D eigenvalue weighted by Crippen LogP contribution is 2.48. The number of likely N-dealkylation sites (tertiary alicyclic amines) is 3. The maximum atomic E-state index is 13.5. The number of halogens is 13. The first-order valence-corrected chi connectivity index (χ1v) is 34.1. The van der Waals surface area contributed by atoms with Crippen LogP contribution in [-0.4, -0.2) is 95.7 Å². The van der Waals surface area contributed by atoms with Crippen LogP contribution in [0, 0.1) is 0 Å². The number of aliphatic hydroxyl groups is 1. The van der Waals surface area contributed by atoms with E-state index >= 15 is 0 Å². The number of benzene rings is 6. The van der Waals surface area contributed by atoms with E-state index < -0.39 is 40.6 Å². The number of amides is 2. The maximum absolute atomic E-state index is 13.5. The molecule has 0 aromatic heterocycles. The third kappa shape index (κ3) is 19.3. The van der Waals surface area contributed by atoms with Crippen molar-refractivity contribution in [2.75, 3.05) is 45.8 Å². The summed E-state index contributed by atoms with van der Waals surface area (Å²) in [6, 6.07) is 38.8. The molecule has 3 atom stereocenters. The minimum atomic E-state index is -4.34. The second kappa shape index (κ2) is 32.9. The van der Waals surface area contributed by atoms with Crippen LogP contribution in [0.5, 0.6) is 0 Å². The molecular formula is C73H82BrCl3F9N3O5. The van der Waals surface area contributed by atoms with E-state index in [1.54, 1.807) is 0 Å². The molecule has 12 rings (SSSR count). The Bertz CT molecular complexity index is 3350. The van der Waals surface area contributed by atoms with Crippen LogP contribution in [0.15, 0.2) is 146 Å². The van der Waals surface area contributed by atoms with Crippen molar-refractivity contribution < 1.29 is 63.7 Å². The highest BCUT2D eigenvalue weighted by atomic mass is 79.9. The van der Waals surface area contributed by atoms with Crippen LogP contribution in [0.4, 0.5) is 39.5 Å². The van der Waals surface area contributed by atoms with Gasteiger partial charge in [0.05, 0.1) is 59.0 Å². The quantitative estimate of drug-likeness (QED) is 0.0864. The number of nitrogens with zero attached hydrogens (tertiary/aromatic N) is 3. The molecule has 6 aromatic rings. The van der Waals surface area contributed by atoms with E-state index in [-0.39, 0.29) is 55.0 Å². The number of ether oxygens (including phenoxy) is 2. The number of β-amino-alcohol motifs (C(OH)–C–C–N with tert-alkyl or cyclic N) is 1. The monoisotopic (exact) mass is 1440 g/mol. The Hall–Kier alpha value is -5.18. The summed E-state index contributed by atoms with van der Waals surface area (Å²) < 4.78 is 124. The van der Waals surface area contributed by atoms with Gasteiger partial charge >= 0.3 is 18.5 Å². The van der Waals surface area contributed by atoms with E-state index in [2.05, 4.69) is 33.0 Å². The van der Waals surface area contributed by atoms with Crippen molar-refractivity contribution >= 4 is 62.5 Å². The lowest BCUT2D eigenvalue weighted by atomic mass is 9.63. The number of carbonyl (C=O) groups excluding carboxylic acids is 2. The largest absolute Gasteiger partial charge is 0.416 e. The third-order valence-electron chi connectivity index (χ3n) is 19.1. The third-order valence-corrected chi connectivity index (χ3v) is 20.5. The lowest BCUT2D eigenvalue weighted by Gasteiger charge is -2.47. The zero-order valence-corrected chi connectivity index (χ0v) is 55.5. The predicted molar refractivity (Wildman–Crippen MR) is 355 cm³/mol. The maximum Gasteiger partial charge on any atom is 0.416 e. The average molecular weight is 1440 g/mol. The first kappa shape index (κ1) is 74.6. The molecule has 0 bridgehead atoms. The van der Waals surface area contributed by atoms with Crippen LogP contribution in [0.2, 0.25) is 15.1 Å². The number of piperidine rings is 3. The van der Waals surface area contributed by atoms with Crippen molar-refractivity contribution in [2.45, 2.75) is 175 Å². The molecule has 3 saturated heterocycles. The molecule has 0 radical (unpaired) electrons. The molecule has 1 N–H and O–H groups in total. The Morgan fingerprint density at radius 3 is 1.16 bits per heavy atom. The minimum absolute atomic E-state index is 0. The normalized spacial score (nSPS) is 20.7. The van der Waals surface area contributed by atoms with E-state index in [1.807, 2.05) is 70.5 Å². The summed E-state index contributed by atoms with van der Waals surface area (Å²) in [4.78, 5) is 32.6. The Balaban J connectivity index is 0.000000168.